The zero-order valence-corrected chi connectivity index (χ0v) is 17.1. The summed E-state index contributed by atoms with van der Waals surface area (Å²) in [5, 5.41) is 3.68. The van der Waals surface area contributed by atoms with E-state index in [4.69, 9.17) is 0 Å². The van der Waals surface area contributed by atoms with E-state index in [9.17, 15) is 9.59 Å². The lowest BCUT2D eigenvalue weighted by molar-refractivity contribution is -0.128. The maximum atomic E-state index is 13.1. The van der Waals surface area contributed by atoms with Gasteiger partial charge in [-0.1, -0.05) is 17.2 Å². The molecule has 2 heterocycles. The molecule has 27 heavy (non-hydrogen) atoms. The van der Waals surface area contributed by atoms with Crippen LogP contribution in [0.3, 0.4) is 0 Å². The highest BCUT2D eigenvalue weighted by molar-refractivity contribution is 5.94. The SMILES string of the molecule is Cc1cc(C)cc(C(=O)N2CC3CN[C@H](CCCC(=O)N(C)C)C(C3)C2)c1. The predicted octanol–water partition coefficient (Wildman–Crippen LogP) is 2.61. The standard InChI is InChI=1S/C22H33N3O2/c1-15-8-16(2)10-18(9-15)22(27)25-13-17-11-19(14-25)20(23-12-17)6-5-7-21(26)24(3)4/h8-10,17,19-20,23H,5-7,11-14H2,1-4H3/t17?,19?,20-/m1/s1. The van der Waals surface area contributed by atoms with E-state index < -0.39 is 0 Å². The molecular weight excluding hydrogens is 338 g/mol. The van der Waals surface area contributed by atoms with Crippen molar-refractivity contribution >= 4 is 11.8 Å². The Labute approximate surface area is 163 Å². The minimum absolute atomic E-state index is 0.167. The van der Waals surface area contributed by atoms with Gasteiger partial charge in [-0.2, -0.15) is 0 Å². The Morgan fingerprint density at radius 2 is 1.85 bits per heavy atom. The van der Waals surface area contributed by atoms with Crippen molar-refractivity contribution in [3.8, 4) is 0 Å². The highest BCUT2D eigenvalue weighted by Crippen LogP contribution is 2.31. The Bertz CT molecular complexity index is 681. The summed E-state index contributed by atoms with van der Waals surface area (Å²) in [5.74, 6) is 1.39. The predicted molar refractivity (Wildman–Crippen MR) is 108 cm³/mol. The first-order chi connectivity index (χ1) is 12.8. The van der Waals surface area contributed by atoms with E-state index in [2.05, 4.69) is 16.3 Å². The van der Waals surface area contributed by atoms with Gasteiger partial charge in [0.05, 0.1) is 0 Å². The van der Waals surface area contributed by atoms with Gasteiger partial charge < -0.3 is 15.1 Å². The van der Waals surface area contributed by atoms with Crippen LogP contribution in [0.1, 0.15) is 47.2 Å². The van der Waals surface area contributed by atoms with Gasteiger partial charge in [-0.3, -0.25) is 9.59 Å². The summed E-state index contributed by atoms with van der Waals surface area (Å²) in [5.41, 5.74) is 3.09. The second-order valence-electron chi connectivity index (χ2n) is 8.64. The lowest BCUT2D eigenvalue weighted by Crippen LogP contribution is -2.57. The number of rotatable bonds is 5. The molecule has 2 aliphatic rings. The number of nitrogens with zero attached hydrogens (tertiary/aromatic N) is 2. The first kappa shape index (κ1) is 19.9. The van der Waals surface area contributed by atoms with Crippen molar-refractivity contribution in [2.45, 2.75) is 45.6 Å². The van der Waals surface area contributed by atoms with Crippen LogP contribution in [0, 0.1) is 25.7 Å². The van der Waals surface area contributed by atoms with Gasteiger partial charge in [0.2, 0.25) is 5.91 Å². The van der Waals surface area contributed by atoms with Gasteiger partial charge in [-0.15, -0.1) is 0 Å². The Balaban J connectivity index is 1.61. The third-order valence-corrected chi connectivity index (χ3v) is 5.97. The van der Waals surface area contributed by atoms with Crippen molar-refractivity contribution in [2.24, 2.45) is 11.8 Å². The number of piperidine rings is 2. The molecule has 0 aliphatic carbocycles. The highest BCUT2D eigenvalue weighted by atomic mass is 16.2. The molecule has 2 amide bonds. The summed E-state index contributed by atoms with van der Waals surface area (Å²) < 4.78 is 0. The molecule has 3 atom stereocenters. The first-order valence-electron chi connectivity index (χ1n) is 10.1. The summed E-state index contributed by atoms with van der Waals surface area (Å²) >= 11 is 0. The second kappa shape index (κ2) is 8.42. The molecule has 2 aliphatic heterocycles. The van der Waals surface area contributed by atoms with Gasteiger partial charge in [0.25, 0.3) is 5.91 Å². The number of hydrogen-bond acceptors (Lipinski definition) is 3. The van der Waals surface area contributed by atoms with Crippen molar-refractivity contribution in [3.63, 3.8) is 0 Å². The maximum absolute atomic E-state index is 13.1. The molecule has 0 radical (unpaired) electrons. The molecule has 2 bridgehead atoms. The molecule has 1 aromatic rings. The van der Waals surface area contributed by atoms with Crippen LogP contribution < -0.4 is 5.32 Å². The van der Waals surface area contributed by atoms with Gasteiger partial charge in [0.1, 0.15) is 0 Å². The summed E-state index contributed by atoms with van der Waals surface area (Å²) in [6.45, 7) is 6.73. The number of fused-ring (bicyclic) bond motifs is 2. The fourth-order valence-corrected chi connectivity index (χ4v) is 4.65. The summed E-state index contributed by atoms with van der Waals surface area (Å²) in [6.07, 6.45) is 3.70. The minimum atomic E-state index is 0.167. The molecule has 2 saturated heterocycles. The summed E-state index contributed by atoms with van der Waals surface area (Å²) in [6, 6.07) is 6.52. The lowest BCUT2D eigenvalue weighted by Gasteiger charge is -2.46. The maximum Gasteiger partial charge on any atom is 0.253 e. The van der Waals surface area contributed by atoms with Crippen LogP contribution in [0.4, 0.5) is 0 Å². The quantitative estimate of drug-likeness (QED) is 0.866. The molecule has 0 saturated carbocycles. The zero-order valence-electron chi connectivity index (χ0n) is 17.1. The number of benzene rings is 1. The molecule has 148 valence electrons. The average molecular weight is 372 g/mol. The Hall–Kier alpha value is -1.88. The molecule has 5 heteroatoms. The van der Waals surface area contributed by atoms with Gasteiger partial charge in [-0.05, 0) is 63.6 Å². The number of likely N-dealkylation sites (tertiary alicyclic amines) is 1. The van der Waals surface area contributed by atoms with Gasteiger partial charge in [0.15, 0.2) is 0 Å². The van der Waals surface area contributed by atoms with Crippen LogP contribution in [0.15, 0.2) is 18.2 Å². The first-order valence-corrected chi connectivity index (χ1v) is 10.1. The van der Waals surface area contributed by atoms with Crippen molar-refractivity contribution in [2.75, 3.05) is 33.7 Å². The normalized spacial score (nSPS) is 24.6. The minimum Gasteiger partial charge on any atom is -0.349 e. The van der Waals surface area contributed by atoms with E-state index in [1.807, 2.05) is 40.1 Å². The van der Waals surface area contributed by atoms with E-state index in [-0.39, 0.29) is 11.8 Å². The highest BCUT2D eigenvalue weighted by Gasteiger charge is 2.38. The van der Waals surface area contributed by atoms with Crippen molar-refractivity contribution in [1.29, 1.82) is 0 Å². The van der Waals surface area contributed by atoms with Gasteiger partial charge in [0, 0.05) is 45.2 Å². The second-order valence-corrected chi connectivity index (χ2v) is 8.64. The third kappa shape index (κ3) is 4.89. The summed E-state index contributed by atoms with van der Waals surface area (Å²) in [7, 11) is 3.62. The lowest BCUT2D eigenvalue weighted by atomic mass is 9.78. The van der Waals surface area contributed by atoms with E-state index in [1.54, 1.807) is 4.90 Å². The fourth-order valence-electron chi connectivity index (χ4n) is 4.65. The van der Waals surface area contributed by atoms with Gasteiger partial charge >= 0.3 is 0 Å². The van der Waals surface area contributed by atoms with Crippen molar-refractivity contribution in [1.82, 2.24) is 15.1 Å². The molecule has 5 nitrogen and oxygen atoms in total. The van der Waals surface area contributed by atoms with Crippen LogP contribution in [-0.2, 0) is 4.79 Å². The number of hydrogen-bond donors (Lipinski definition) is 1. The third-order valence-electron chi connectivity index (χ3n) is 5.97. The topological polar surface area (TPSA) is 52.7 Å². The Kier molecular flexibility index (Phi) is 6.20. The van der Waals surface area contributed by atoms with Crippen LogP contribution in [0.5, 0.6) is 0 Å². The monoisotopic (exact) mass is 371 g/mol. The van der Waals surface area contributed by atoms with Crippen molar-refractivity contribution < 1.29 is 9.59 Å². The number of aryl methyl sites for hydroxylation is 2. The van der Waals surface area contributed by atoms with Crippen LogP contribution in [0.25, 0.3) is 0 Å². The van der Waals surface area contributed by atoms with Crippen molar-refractivity contribution in [3.05, 3.63) is 34.9 Å². The van der Waals surface area contributed by atoms with Crippen LogP contribution in [0.2, 0.25) is 0 Å². The molecule has 0 aromatic heterocycles. The number of amides is 2. The number of nitrogens with one attached hydrogen (secondary N) is 1. The fraction of sp³-hybridized carbons (Fsp3) is 0.636. The summed E-state index contributed by atoms with van der Waals surface area (Å²) in [4.78, 5) is 28.6. The molecule has 3 rings (SSSR count). The molecule has 2 unspecified atom stereocenters. The van der Waals surface area contributed by atoms with Crippen LogP contribution in [-0.4, -0.2) is 61.4 Å². The number of carbonyl (C=O) groups is 2. The number of carbonyl (C=O) groups excluding carboxylic acids is 2. The van der Waals surface area contributed by atoms with E-state index >= 15 is 0 Å². The smallest absolute Gasteiger partial charge is 0.253 e. The Morgan fingerprint density at radius 1 is 1.15 bits per heavy atom. The van der Waals surface area contributed by atoms with Gasteiger partial charge in [-0.25, -0.2) is 0 Å². The molecular formula is C22H33N3O2. The van der Waals surface area contributed by atoms with Crippen LogP contribution >= 0.6 is 0 Å². The molecule has 0 spiro atoms. The van der Waals surface area contributed by atoms with E-state index in [1.165, 1.54) is 6.42 Å². The largest absolute Gasteiger partial charge is 0.349 e. The van der Waals surface area contributed by atoms with E-state index in [0.29, 0.717) is 24.3 Å². The molecule has 1 aromatic carbocycles. The van der Waals surface area contributed by atoms with E-state index in [0.717, 1.165) is 49.2 Å². The Morgan fingerprint density at radius 3 is 2.52 bits per heavy atom. The molecule has 2 fully saturated rings. The average Bonchev–Trinajstić information content (AvgIpc) is 2.61. The zero-order chi connectivity index (χ0) is 19.6. The molecule has 1 N–H and O–H groups in total.